The second-order valence-electron chi connectivity index (χ2n) is 6.68. The molecule has 0 spiro atoms. The predicted octanol–water partition coefficient (Wildman–Crippen LogP) is 4.45. The van der Waals surface area contributed by atoms with Gasteiger partial charge in [-0.1, -0.05) is 46.7 Å². The fourth-order valence-corrected chi connectivity index (χ4v) is 4.09. The van der Waals surface area contributed by atoms with E-state index < -0.39 is 8.07 Å². The maximum atomic E-state index is 5.97. The Morgan fingerprint density at radius 2 is 1.80 bits per heavy atom. The first kappa shape index (κ1) is 13.2. The van der Waals surface area contributed by atoms with Crippen LogP contribution in [0.5, 0.6) is 0 Å². The zero-order valence-electron chi connectivity index (χ0n) is 11.2. The lowest BCUT2D eigenvalue weighted by Gasteiger charge is -2.39. The fraction of sp³-hybridized carbons (Fsp3) is 1.00. The Hall–Kier alpha value is 0.177. The Kier molecular flexibility index (Phi) is 4.42. The van der Waals surface area contributed by atoms with Crippen LogP contribution in [0, 0.1) is 0 Å². The van der Waals surface area contributed by atoms with E-state index in [-0.39, 0.29) is 0 Å². The van der Waals surface area contributed by atoms with Gasteiger partial charge in [-0.15, -0.1) is 0 Å². The molecule has 1 unspecified atom stereocenters. The van der Waals surface area contributed by atoms with Gasteiger partial charge in [0, 0.05) is 6.61 Å². The Morgan fingerprint density at radius 1 is 1.13 bits per heavy atom. The van der Waals surface area contributed by atoms with Crippen LogP contribution in [0.1, 0.15) is 46.5 Å². The molecule has 0 aromatic heterocycles. The number of hydrogen-bond acceptors (Lipinski definition) is 1. The van der Waals surface area contributed by atoms with Gasteiger partial charge in [0.2, 0.25) is 0 Å². The van der Waals surface area contributed by atoms with Crippen LogP contribution < -0.4 is 0 Å². The van der Waals surface area contributed by atoms with E-state index >= 15 is 0 Å². The van der Waals surface area contributed by atoms with Crippen LogP contribution in [0.4, 0.5) is 0 Å². The van der Waals surface area contributed by atoms with E-state index in [1.54, 1.807) is 0 Å². The van der Waals surface area contributed by atoms with Crippen LogP contribution in [0.25, 0.3) is 0 Å². The summed E-state index contributed by atoms with van der Waals surface area (Å²) in [4.78, 5) is 0. The maximum Gasteiger partial charge on any atom is 0.0553 e. The van der Waals surface area contributed by atoms with E-state index in [1.807, 2.05) is 0 Å². The monoisotopic (exact) mass is 228 g/mol. The lowest BCUT2D eigenvalue weighted by molar-refractivity contribution is 0.0706. The van der Waals surface area contributed by atoms with Crippen molar-refractivity contribution >= 4 is 8.07 Å². The van der Waals surface area contributed by atoms with Crippen molar-refractivity contribution in [2.24, 2.45) is 0 Å². The van der Waals surface area contributed by atoms with E-state index in [4.69, 9.17) is 4.74 Å². The van der Waals surface area contributed by atoms with Crippen molar-refractivity contribution in [2.75, 3.05) is 6.61 Å². The van der Waals surface area contributed by atoms with E-state index in [1.165, 1.54) is 31.7 Å². The summed E-state index contributed by atoms with van der Waals surface area (Å²) >= 11 is 0. The molecule has 2 heteroatoms. The van der Waals surface area contributed by atoms with Crippen LogP contribution >= 0.6 is 0 Å². The number of hydrogen-bond donors (Lipinski definition) is 0. The van der Waals surface area contributed by atoms with Gasteiger partial charge in [0.15, 0.2) is 0 Å². The number of rotatable bonds is 2. The molecule has 1 fully saturated rings. The Balaban J connectivity index is 2.51. The Morgan fingerprint density at radius 3 is 2.40 bits per heavy atom. The van der Waals surface area contributed by atoms with Crippen LogP contribution in [0.15, 0.2) is 0 Å². The van der Waals surface area contributed by atoms with Crippen molar-refractivity contribution in [1.82, 2.24) is 0 Å². The van der Waals surface area contributed by atoms with Crippen LogP contribution in [-0.4, -0.2) is 20.8 Å². The minimum atomic E-state index is -1.14. The van der Waals surface area contributed by atoms with Crippen molar-refractivity contribution in [3.05, 3.63) is 0 Å². The minimum Gasteiger partial charge on any atom is -0.379 e. The van der Waals surface area contributed by atoms with Gasteiger partial charge in [-0.3, -0.25) is 0 Å². The first-order valence-corrected chi connectivity index (χ1v) is 9.65. The minimum absolute atomic E-state index is 0.503. The zero-order chi connectivity index (χ0) is 11.5. The summed E-state index contributed by atoms with van der Waals surface area (Å²) < 4.78 is 5.97. The lowest BCUT2D eigenvalue weighted by Crippen LogP contribution is -2.40. The smallest absolute Gasteiger partial charge is 0.0553 e. The average Bonchev–Trinajstić information content (AvgIpc) is 2.30. The van der Waals surface area contributed by atoms with Crippen LogP contribution in [0.3, 0.4) is 0 Å². The molecule has 1 heterocycles. The summed E-state index contributed by atoms with van der Waals surface area (Å²) in [6.45, 7) is 13.2. The van der Waals surface area contributed by atoms with Gasteiger partial charge >= 0.3 is 0 Å². The lowest BCUT2D eigenvalue weighted by atomic mass is 10.2. The molecule has 1 saturated heterocycles. The second-order valence-corrected chi connectivity index (χ2v) is 12.4. The normalized spacial score (nSPS) is 25.0. The summed E-state index contributed by atoms with van der Waals surface area (Å²) in [6.07, 6.45) is 5.88. The van der Waals surface area contributed by atoms with Gasteiger partial charge in [-0.2, -0.15) is 0 Å². The topological polar surface area (TPSA) is 9.23 Å². The summed E-state index contributed by atoms with van der Waals surface area (Å²) in [5.41, 5.74) is 0. The molecule has 0 N–H and O–H groups in total. The second kappa shape index (κ2) is 5.01. The average molecular weight is 228 g/mol. The molecule has 0 aromatic rings. The van der Waals surface area contributed by atoms with Crippen molar-refractivity contribution in [3.8, 4) is 0 Å². The molecule has 90 valence electrons. The molecule has 0 radical (unpaired) electrons. The van der Waals surface area contributed by atoms with Gasteiger partial charge in [0.05, 0.1) is 14.2 Å². The van der Waals surface area contributed by atoms with Gasteiger partial charge < -0.3 is 4.74 Å². The highest BCUT2D eigenvalue weighted by Gasteiger charge is 2.37. The quantitative estimate of drug-likeness (QED) is 0.634. The third kappa shape index (κ3) is 3.91. The van der Waals surface area contributed by atoms with E-state index in [0.29, 0.717) is 11.1 Å². The predicted molar refractivity (Wildman–Crippen MR) is 70.2 cm³/mol. The van der Waals surface area contributed by atoms with Crippen molar-refractivity contribution in [1.29, 1.82) is 0 Å². The largest absolute Gasteiger partial charge is 0.379 e. The van der Waals surface area contributed by atoms with Crippen molar-refractivity contribution in [3.63, 3.8) is 0 Å². The number of ether oxygens (including phenoxy) is 1. The molecule has 0 aliphatic carbocycles. The fourth-order valence-electron chi connectivity index (χ4n) is 2.02. The summed E-state index contributed by atoms with van der Waals surface area (Å²) in [5, 5.41) is 0.503. The van der Waals surface area contributed by atoms with Gasteiger partial charge in [0.25, 0.3) is 0 Å². The van der Waals surface area contributed by atoms with Gasteiger partial charge in [-0.25, -0.2) is 0 Å². The summed E-state index contributed by atoms with van der Waals surface area (Å²) in [6, 6.07) is 1.34. The molecule has 1 aliphatic heterocycles. The van der Waals surface area contributed by atoms with E-state index in [9.17, 15) is 0 Å². The molecule has 1 atom stereocenters. The Labute approximate surface area is 96.6 Å². The molecule has 1 rings (SSSR count). The maximum absolute atomic E-state index is 5.97. The summed E-state index contributed by atoms with van der Waals surface area (Å²) in [7, 11) is -1.14. The van der Waals surface area contributed by atoms with Crippen LogP contribution in [0.2, 0.25) is 24.2 Å². The molecule has 15 heavy (non-hydrogen) atoms. The van der Waals surface area contributed by atoms with E-state index in [2.05, 4.69) is 33.9 Å². The standard InChI is InChI=1S/C13H28OSi/c1-13(2,3)15(4,5)11-12-9-7-6-8-10-14-12/h12H,6-11H2,1-5H3. The molecule has 0 amide bonds. The molecular weight excluding hydrogens is 200 g/mol. The first-order chi connectivity index (χ1) is 6.83. The highest BCUT2D eigenvalue weighted by Crippen LogP contribution is 2.40. The molecule has 0 aromatic carbocycles. The van der Waals surface area contributed by atoms with Gasteiger partial charge in [0.1, 0.15) is 0 Å². The Bertz CT molecular complexity index is 185. The van der Waals surface area contributed by atoms with Gasteiger partial charge in [-0.05, 0) is 23.9 Å². The SMILES string of the molecule is CC(C)(C)[Si](C)(C)CC1CCCCCO1. The zero-order valence-corrected chi connectivity index (χ0v) is 12.2. The summed E-state index contributed by atoms with van der Waals surface area (Å²) in [5.74, 6) is 0. The highest BCUT2D eigenvalue weighted by atomic mass is 28.3. The van der Waals surface area contributed by atoms with Crippen molar-refractivity contribution in [2.45, 2.75) is 76.7 Å². The molecule has 0 bridgehead atoms. The third-order valence-corrected chi connectivity index (χ3v) is 9.83. The van der Waals surface area contributed by atoms with Crippen molar-refractivity contribution < 1.29 is 4.74 Å². The molecule has 1 aliphatic rings. The first-order valence-electron chi connectivity index (χ1n) is 6.44. The van der Waals surface area contributed by atoms with Crippen LogP contribution in [-0.2, 0) is 4.74 Å². The highest BCUT2D eigenvalue weighted by molar-refractivity contribution is 6.80. The molecular formula is C13H28OSi. The van der Waals surface area contributed by atoms with E-state index in [0.717, 1.165) is 6.61 Å². The molecule has 1 nitrogen and oxygen atoms in total. The third-order valence-electron chi connectivity index (χ3n) is 4.29. The molecule has 0 saturated carbocycles.